The van der Waals surface area contributed by atoms with Crippen molar-refractivity contribution in [2.75, 3.05) is 41.3 Å². The number of piperidine rings is 1. The topological polar surface area (TPSA) is 61.4 Å². The van der Waals surface area contributed by atoms with E-state index in [4.69, 9.17) is 0 Å². The summed E-state index contributed by atoms with van der Waals surface area (Å²) < 4.78 is 0. The molecule has 0 bridgehead atoms. The molecule has 4 rings (SSSR count). The van der Waals surface area contributed by atoms with Gasteiger partial charge in [0.1, 0.15) is 18.0 Å². The Bertz CT molecular complexity index is 793. The fourth-order valence-corrected chi connectivity index (χ4v) is 3.87. The number of amides is 1. The van der Waals surface area contributed by atoms with Crippen LogP contribution in [0.3, 0.4) is 0 Å². The number of carbonyl (C=O) groups excluding carboxylic acids is 1. The predicted octanol–water partition coefficient (Wildman–Crippen LogP) is 2.71. The first-order valence-electron chi connectivity index (χ1n) is 9.40. The van der Waals surface area contributed by atoms with Gasteiger partial charge in [0.15, 0.2) is 0 Å². The van der Waals surface area contributed by atoms with Crippen LogP contribution < -0.4 is 15.1 Å². The minimum Gasteiger partial charge on any atom is -0.368 e. The van der Waals surface area contributed by atoms with Gasteiger partial charge in [0.05, 0.1) is 6.42 Å². The first-order chi connectivity index (χ1) is 12.7. The number of nitrogens with zero attached hydrogens (tertiary/aromatic N) is 4. The molecule has 0 spiro atoms. The highest BCUT2D eigenvalue weighted by molar-refractivity contribution is 6.01. The maximum Gasteiger partial charge on any atom is 0.231 e. The summed E-state index contributed by atoms with van der Waals surface area (Å²) >= 11 is 0. The van der Waals surface area contributed by atoms with Gasteiger partial charge in [-0.15, -0.1) is 0 Å². The molecule has 1 unspecified atom stereocenters. The molecule has 136 valence electrons. The maximum absolute atomic E-state index is 12.2. The van der Waals surface area contributed by atoms with Crippen molar-refractivity contribution in [3.63, 3.8) is 0 Å². The molecule has 3 heterocycles. The largest absolute Gasteiger partial charge is 0.368 e. The zero-order chi connectivity index (χ0) is 17.9. The number of hydrogen-bond donors (Lipinski definition) is 1. The number of fused-ring (bicyclic) bond motifs is 1. The Labute approximate surface area is 154 Å². The summed E-state index contributed by atoms with van der Waals surface area (Å²) in [6.07, 6.45) is 4.62. The molecule has 1 aromatic heterocycles. The summed E-state index contributed by atoms with van der Waals surface area (Å²) in [5.41, 5.74) is 2.14. The SMILES string of the molecule is CC1CCCN(c2cc(NCCN3C(=O)Cc4ccccc43)ncn2)C1. The molecule has 26 heavy (non-hydrogen) atoms. The average Bonchev–Trinajstić information content (AvgIpc) is 2.98. The molecule has 1 saturated heterocycles. The quantitative estimate of drug-likeness (QED) is 0.897. The Balaban J connectivity index is 1.37. The number of hydrogen-bond acceptors (Lipinski definition) is 5. The second-order valence-electron chi connectivity index (χ2n) is 7.23. The molecule has 6 nitrogen and oxygen atoms in total. The van der Waals surface area contributed by atoms with Crippen molar-refractivity contribution in [1.29, 1.82) is 0 Å². The van der Waals surface area contributed by atoms with Crippen molar-refractivity contribution < 1.29 is 4.79 Å². The third-order valence-corrected chi connectivity index (χ3v) is 5.20. The molecule has 2 aliphatic rings. The molecule has 1 aromatic carbocycles. The van der Waals surface area contributed by atoms with E-state index < -0.39 is 0 Å². The van der Waals surface area contributed by atoms with Crippen molar-refractivity contribution in [2.45, 2.75) is 26.2 Å². The fraction of sp³-hybridized carbons (Fsp3) is 0.450. The number of nitrogens with one attached hydrogen (secondary N) is 1. The van der Waals surface area contributed by atoms with Gasteiger partial charge in [-0.05, 0) is 30.4 Å². The van der Waals surface area contributed by atoms with Gasteiger partial charge in [-0.25, -0.2) is 9.97 Å². The standard InChI is InChI=1S/C20H25N5O/c1-15-5-4-9-24(13-15)19-12-18(22-14-23-19)21-8-10-25-17-7-3-2-6-16(17)11-20(25)26/h2-3,6-7,12,14-15H,4-5,8-11,13H2,1H3,(H,21,22,23). The normalized spacial score (nSPS) is 19.6. The molecular weight excluding hydrogens is 326 g/mol. The molecule has 2 aliphatic heterocycles. The number of aromatic nitrogens is 2. The van der Waals surface area contributed by atoms with E-state index in [0.717, 1.165) is 36.0 Å². The van der Waals surface area contributed by atoms with Crippen LogP contribution in [0.5, 0.6) is 0 Å². The van der Waals surface area contributed by atoms with Crippen LogP contribution in [0.4, 0.5) is 17.3 Å². The predicted molar refractivity (Wildman–Crippen MR) is 104 cm³/mol. The van der Waals surface area contributed by atoms with Crippen molar-refractivity contribution in [3.05, 3.63) is 42.2 Å². The van der Waals surface area contributed by atoms with Crippen LogP contribution in [-0.2, 0) is 11.2 Å². The number of para-hydroxylation sites is 1. The Hall–Kier alpha value is -2.63. The Kier molecular flexibility index (Phi) is 4.73. The van der Waals surface area contributed by atoms with Crippen molar-refractivity contribution in [1.82, 2.24) is 9.97 Å². The van der Waals surface area contributed by atoms with Crippen LogP contribution in [0.1, 0.15) is 25.3 Å². The van der Waals surface area contributed by atoms with E-state index in [2.05, 4.69) is 27.1 Å². The second kappa shape index (κ2) is 7.32. The summed E-state index contributed by atoms with van der Waals surface area (Å²) in [5.74, 6) is 2.67. The fourth-order valence-electron chi connectivity index (χ4n) is 3.87. The lowest BCUT2D eigenvalue weighted by molar-refractivity contribution is -0.117. The Morgan fingerprint density at radius 3 is 3.04 bits per heavy atom. The van der Waals surface area contributed by atoms with E-state index in [0.29, 0.717) is 25.4 Å². The van der Waals surface area contributed by atoms with Gasteiger partial charge in [-0.2, -0.15) is 0 Å². The molecule has 0 aliphatic carbocycles. The average molecular weight is 351 g/mol. The van der Waals surface area contributed by atoms with Crippen molar-refractivity contribution in [2.24, 2.45) is 5.92 Å². The molecule has 1 fully saturated rings. The Morgan fingerprint density at radius 1 is 1.27 bits per heavy atom. The van der Waals surface area contributed by atoms with E-state index in [1.807, 2.05) is 35.2 Å². The molecular formula is C20H25N5O. The third kappa shape index (κ3) is 3.49. The highest BCUT2D eigenvalue weighted by atomic mass is 16.2. The van der Waals surface area contributed by atoms with Gasteiger partial charge < -0.3 is 15.1 Å². The molecule has 1 atom stereocenters. The van der Waals surface area contributed by atoms with E-state index in [1.165, 1.54) is 12.8 Å². The van der Waals surface area contributed by atoms with Crippen LogP contribution >= 0.6 is 0 Å². The summed E-state index contributed by atoms with van der Waals surface area (Å²) in [6.45, 7) is 5.69. The lowest BCUT2D eigenvalue weighted by atomic mass is 10.0. The van der Waals surface area contributed by atoms with E-state index >= 15 is 0 Å². The second-order valence-corrected chi connectivity index (χ2v) is 7.23. The summed E-state index contributed by atoms with van der Waals surface area (Å²) in [6, 6.07) is 10.0. The molecule has 1 N–H and O–H groups in total. The lowest BCUT2D eigenvalue weighted by Crippen LogP contribution is -2.35. The number of carbonyl (C=O) groups is 1. The van der Waals surface area contributed by atoms with Crippen LogP contribution in [0, 0.1) is 5.92 Å². The maximum atomic E-state index is 12.2. The highest BCUT2D eigenvalue weighted by Gasteiger charge is 2.26. The van der Waals surface area contributed by atoms with E-state index in [-0.39, 0.29) is 5.91 Å². The van der Waals surface area contributed by atoms with Crippen LogP contribution in [0.2, 0.25) is 0 Å². The van der Waals surface area contributed by atoms with Gasteiger partial charge in [0.2, 0.25) is 5.91 Å². The van der Waals surface area contributed by atoms with Gasteiger partial charge in [-0.1, -0.05) is 25.1 Å². The van der Waals surface area contributed by atoms with Crippen molar-refractivity contribution in [3.8, 4) is 0 Å². The van der Waals surface area contributed by atoms with Crippen LogP contribution in [0.15, 0.2) is 36.7 Å². The number of benzene rings is 1. The van der Waals surface area contributed by atoms with Crippen LogP contribution in [0.25, 0.3) is 0 Å². The van der Waals surface area contributed by atoms with Crippen LogP contribution in [-0.4, -0.2) is 42.1 Å². The van der Waals surface area contributed by atoms with Gasteiger partial charge in [0, 0.05) is 37.9 Å². The van der Waals surface area contributed by atoms with Gasteiger partial charge in [0.25, 0.3) is 0 Å². The smallest absolute Gasteiger partial charge is 0.231 e. The van der Waals surface area contributed by atoms with E-state index in [1.54, 1.807) is 6.33 Å². The summed E-state index contributed by atoms with van der Waals surface area (Å²) in [7, 11) is 0. The Morgan fingerprint density at radius 2 is 2.15 bits per heavy atom. The molecule has 6 heteroatoms. The highest BCUT2D eigenvalue weighted by Crippen LogP contribution is 2.28. The first kappa shape index (κ1) is 16.8. The molecule has 1 amide bonds. The minimum atomic E-state index is 0.165. The molecule has 2 aromatic rings. The summed E-state index contributed by atoms with van der Waals surface area (Å²) in [5, 5.41) is 3.34. The lowest BCUT2D eigenvalue weighted by Gasteiger charge is -2.31. The van der Waals surface area contributed by atoms with E-state index in [9.17, 15) is 4.79 Å². The number of anilines is 3. The zero-order valence-electron chi connectivity index (χ0n) is 15.2. The monoisotopic (exact) mass is 351 g/mol. The zero-order valence-corrected chi connectivity index (χ0v) is 15.2. The minimum absolute atomic E-state index is 0.165. The van der Waals surface area contributed by atoms with Gasteiger partial charge >= 0.3 is 0 Å². The third-order valence-electron chi connectivity index (χ3n) is 5.20. The van der Waals surface area contributed by atoms with Gasteiger partial charge in [-0.3, -0.25) is 4.79 Å². The molecule has 0 radical (unpaired) electrons. The summed E-state index contributed by atoms with van der Waals surface area (Å²) in [4.78, 5) is 25.2. The molecule has 0 saturated carbocycles. The van der Waals surface area contributed by atoms with Crippen molar-refractivity contribution >= 4 is 23.2 Å². The first-order valence-corrected chi connectivity index (χ1v) is 9.40. The number of rotatable bonds is 5.